The SMILES string of the molecule is O=C(O)c1cn[nH]c1-c1cc2ccc(O)cc2s1. The van der Waals surface area contributed by atoms with E-state index in [0.29, 0.717) is 5.69 Å². The molecular formula is C12H8N2O3S. The summed E-state index contributed by atoms with van der Waals surface area (Å²) in [4.78, 5) is 11.8. The predicted octanol–water partition coefficient (Wildman–Crippen LogP) is 2.70. The maximum atomic E-state index is 11.0. The van der Waals surface area contributed by atoms with Crippen molar-refractivity contribution < 1.29 is 15.0 Å². The summed E-state index contributed by atoms with van der Waals surface area (Å²) in [5.41, 5.74) is 0.633. The summed E-state index contributed by atoms with van der Waals surface area (Å²) in [5, 5.41) is 25.9. The number of carboxylic acids is 1. The van der Waals surface area contributed by atoms with Crippen molar-refractivity contribution in [1.82, 2.24) is 10.2 Å². The molecule has 18 heavy (non-hydrogen) atoms. The van der Waals surface area contributed by atoms with Gasteiger partial charge in [0.15, 0.2) is 0 Å². The molecule has 0 unspecified atom stereocenters. The highest BCUT2D eigenvalue weighted by Crippen LogP contribution is 2.35. The van der Waals surface area contributed by atoms with Crippen LogP contribution in [0.15, 0.2) is 30.5 Å². The first-order chi connectivity index (χ1) is 8.65. The standard InChI is InChI=1S/C12H8N2O3S/c15-7-2-1-6-3-10(18-9(6)4-7)11-8(12(16)17)5-13-14-11/h1-5,15H,(H,13,14)(H,16,17). The molecule has 0 spiro atoms. The van der Waals surface area contributed by atoms with Gasteiger partial charge in [0.1, 0.15) is 11.3 Å². The van der Waals surface area contributed by atoms with Gasteiger partial charge in [0.2, 0.25) is 0 Å². The first-order valence-electron chi connectivity index (χ1n) is 5.15. The number of carboxylic acid groups (broad SMARTS) is 1. The Bertz CT molecular complexity index is 745. The number of nitrogens with zero attached hydrogens (tertiary/aromatic N) is 1. The smallest absolute Gasteiger partial charge is 0.339 e. The summed E-state index contributed by atoms with van der Waals surface area (Å²) >= 11 is 1.41. The van der Waals surface area contributed by atoms with Crippen LogP contribution in [0.25, 0.3) is 20.7 Å². The quantitative estimate of drug-likeness (QED) is 0.661. The lowest BCUT2D eigenvalue weighted by molar-refractivity contribution is 0.0698. The van der Waals surface area contributed by atoms with E-state index in [1.807, 2.05) is 6.07 Å². The van der Waals surface area contributed by atoms with Crippen LogP contribution in [0.5, 0.6) is 5.75 Å². The van der Waals surface area contributed by atoms with E-state index in [0.717, 1.165) is 15.0 Å². The van der Waals surface area contributed by atoms with E-state index >= 15 is 0 Å². The van der Waals surface area contributed by atoms with Crippen molar-refractivity contribution >= 4 is 27.4 Å². The number of thiophene rings is 1. The second-order valence-corrected chi connectivity index (χ2v) is 4.88. The number of phenolic OH excluding ortho intramolecular Hbond substituents is 1. The molecule has 0 amide bonds. The molecule has 2 aromatic heterocycles. The third-order valence-electron chi connectivity index (χ3n) is 2.62. The highest BCUT2D eigenvalue weighted by molar-refractivity contribution is 7.22. The number of aromatic hydroxyl groups is 1. The molecule has 0 fully saturated rings. The first-order valence-corrected chi connectivity index (χ1v) is 5.96. The van der Waals surface area contributed by atoms with Crippen molar-refractivity contribution in [3.8, 4) is 16.3 Å². The molecule has 3 rings (SSSR count). The van der Waals surface area contributed by atoms with Crippen LogP contribution >= 0.6 is 11.3 Å². The number of phenols is 1. The lowest BCUT2D eigenvalue weighted by Gasteiger charge is -1.93. The number of H-pyrrole nitrogens is 1. The second-order valence-electron chi connectivity index (χ2n) is 3.80. The Kier molecular flexibility index (Phi) is 2.31. The van der Waals surface area contributed by atoms with Gasteiger partial charge in [-0.15, -0.1) is 11.3 Å². The topological polar surface area (TPSA) is 86.2 Å². The zero-order valence-electron chi connectivity index (χ0n) is 9.04. The highest BCUT2D eigenvalue weighted by atomic mass is 32.1. The molecule has 3 N–H and O–H groups in total. The molecule has 5 nitrogen and oxygen atoms in total. The molecule has 0 radical (unpaired) electrons. The second kappa shape index (κ2) is 3.85. The fraction of sp³-hybridized carbons (Fsp3) is 0. The fourth-order valence-electron chi connectivity index (χ4n) is 1.78. The minimum Gasteiger partial charge on any atom is -0.508 e. The van der Waals surface area contributed by atoms with Crippen molar-refractivity contribution in [2.45, 2.75) is 0 Å². The number of fused-ring (bicyclic) bond motifs is 1. The molecule has 2 heterocycles. The Morgan fingerprint density at radius 2 is 2.17 bits per heavy atom. The lowest BCUT2D eigenvalue weighted by atomic mass is 10.2. The fourth-order valence-corrected chi connectivity index (χ4v) is 2.88. The molecule has 0 aliphatic rings. The van der Waals surface area contributed by atoms with Crippen molar-refractivity contribution in [3.63, 3.8) is 0 Å². The lowest BCUT2D eigenvalue weighted by Crippen LogP contribution is -1.95. The van der Waals surface area contributed by atoms with Crippen LogP contribution in [-0.2, 0) is 0 Å². The number of hydrogen-bond donors (Lipinski definition) is 3. The number of nitrogens with one attached hydrogen (secondary N) is 1. The highest BCUT2D eigenvalue weighted by Gasteiger charge is 2.16. The summed E-state index contributed by atoms with van der Waals surface area (Å²) < 4.78 is 0.899. The Hall–Kier alpha value is -2.34. The van der Waals surface area contributed by atoms with Gasteiger partial charge in [0, 0.05) is 4.70 Å². The minimum absolute atomic E-state index is 0.144. The van der Waals surface area contributed by atoms with Crippen LogP contribution in [0.3, 0.4) is 0 Å². The number of benzene rings is 1. The zero-order valence-corrected chi connectivity index (χ0v) is 9.86. The number of rotatable bonds is 2. The zero-order chi connectivity index (χ0) is 12.7. The van der Waals surface area contributed by atoms with E-state index in [9.17, 15) is 9.90 Å². The molecule has 1 aromatic carbocycles. The van der Waals surface area contributed by atoms with Crippen molar-refractivity contribution in [3.05, 3.63) is 36.0 Å². The number of aromatic nitrogens is 2. The molecule has 0 saturated heterocycles. The van der Waals surface area contributed by atoms with E-state index in [-0.39, 0.29) is 11.3 Å². The third kappa shape index (κ3) is 1.63. The summed E-state index contributed by atoms with van der Waals surface area (Å²) in [6, 6.07) is 6.92. The van der Waals surface area contributed by atoms with Crippen LogP contribution in [0.1, 0.15) is 10.4 Å². The van der Waals surface area contributed by atoms with Crippen LogP contribution in [-0.4, -0.2) is 26.4 Å². The van der Waals surface area contributed by atoms with Crippen LogP contribution < -0.4 is 0 Å². The van der Waals surface area contributed by atoms with Crippen molar-refractivity contribution in [2.75, 3.05) is 0 Å². The van der Waals surface area contributed by atoms with Gasteiger partial charge < -0.3 is 10.2 Å². The minimum atomic E-state index is -1.01. The maximum Gasteiger partial charge on any atom is 0.339 e. The van der Waals surface area contributed by atoms with Gasteiger partial charge in [-0.2, -0.15) is 5.10 Å². The van der Waals surface area contributed by atoms with Crippen molar-refractivity contribution in [1.29, 1.82) is 0 Å². The normalized spacial score (nSPS) is 10.9. The summed E-state index contributed by atoms with van der Waals surface area (Å²) in [6.45, 7) is 0. The predicted molar refractivity (Wildman–Crippen MR) is 68.0 cm³/mol. The largest absolute Gasteiger partial charge is 0.508 e. The monoisotopic (exact) mass is 260 g/mol. The molecule has 0 bridgehead atoms. The Morgan fingerprint density at radius 1 is 1.33 bits per heavy atom. The van der Waals surface area contributed by atoms with E-state index in [4.69, 9.17) is 5.11 Å². The van der Waals surface area contributed by atoms with Gasteiger partial charge in [-0.1, -0.05) is 0 Å². The Labute approximate surface area is 105 Å². The van der Waals surface area contributed by atoms with Gasteiger partial charge in [0.05, 0.1) is 16.8 Å². The van der Waals surface area contributed by atoms with Gasteiger partial charge in [-0.3, -0.25) is 5.10 Å². The first kappa shape index (κ1) is 10.8. The molecule has 0 aliphatic heterocycles. The number of hydrogen-bond acceptors (Lipinski definition) is 4. The molecule has 90 valence electrons. The van der Waals surface area contributed by atoms with Crippen molar-refractivity contribution in [2.24, 2.45) is 0 Å². The Balaban J connectivity index is 2.19. The maximum absolute atomic E-state index is 11.0. The van der Waals surface area contributed by atoms with Gasteiger partial charge in [-0.25, -0.2) is 4.79 Å². The average Bonchev–Trinajstić information content (AvgIpc) is 2.93. The third-order valence-corrected chi connectivity index (χ3v) is 3.74. The van der Waals surface area contributed by atoms with Crippen LogP contribution in [0, 0.1) is 0 Å². The molecule has 0 saturated carbocycles. The molecule has 3 aromatic rings. The van der Waals surface area contributed by atoms with Gasteiger partial charge in [-0.05, 0) is 29.7 Å². The molecular weight excluding hydrogens is 252 g/mol. The van der Waals surface area contributed by atoms with Crippen LogP contribution in [0.2, 0.25) is 0 Å². The van der Waals surface area contributed by atoms with Gasteiger partial charge in [0.25, 0.3) is 0 Å². The summed E-state index contributed by atoms with van der Waals surface area (Å²) in [7, 11) is 0. The van der Waals surface area contributed by atoms with Gasteiger partial charge >= 0.3 is 5.97 Å². The van der Waals surface area contributed by atoms with E-state index < -0.39 is 5.97 Å². The summed E-state index contributed by atoms with van der Waals surface area (Å²) in [6.07, 6.45) is 1.29. The molecule has 6 heteroatoms. The van der Waals surface area contributed by atoms with Crippen LogP contribution in [0.4, 0.5) is 0 Å². The number of aromatic amines is 1. The number of carbonyl (C=O) groups is 1. The summed E-state index contributed by atoms with van der Waals surface area (Å²) in [5.74, 6) is -0.821. The van der Waals surface area contributed by atoms with E-state index in [1.165, 1.54) is 17.5 Å². The Morgan fingerprint density at radius 3 is 2.94 bits per heavy atom. The molecule has 0 aliphatic carbocycles. The number of aromatic carboxylic acids is 1. The average molecular weight is 260 g/mol. The van der Waals surface area contributed by atoms with E-state index in [2.05, 4.69) is 10.2 Å². The molecule has 0 atom stereocenters. The van der Waals surface area contributed by atoms with E-state index in [1.54, 1.807) is 18.2 Å².